The Labute approximate surface area is 229 Å². The van der Waals surface area contributed by atoms with Gasteiger partial charge in [0, 0.05) is 30.8 Å². The van der Waals surface area contributed by atoms with E-state index in [9.17, 15) is 4.79 Å². The molecule has 1 saturated heterocycles. The Morgan fingerprint density at radius 3 is 2.67 bits per heavy atom. The molecule has 206 valence electrons. The maximum Gasteiger partial charge on any atom is 0.253 e. The largest absolute Gasteiger partial charge is 0.494 e. The van der Waals surface area contributed by atoms with Crippen LogP contribution in [0.2, 0.25) is 0 Å². The summed E-state index contributed by atoms with van der Waals surface area (Å²) in [6, 6.07) is 15.7. The Hall–Kier alpha value is -3.56. The van der Waals surface area contributed by atoms with Gasteiger partial charge in [-0.25, -0.2) is 4.68 Å². The summed E-state index contributed by atoms with van der Waals surface area (Å²) in [6.45, 7) is 12.8. The van der Waals surface area contributed by atoms with Crippen molar-refractivity contribution >= 4 is 10.9 Å². The van der Waals surface area contributed by atoms with Crippen molar-refractivity contribution in [3.63, 3.8) is 0 Å². The Morgan fingerprint density at radius 2 is 1.97 bits per heavy atom. The smallest absolute Gasteiger partial charge is 0.253 e. The molecule has 1 fully saturated rings. The molecule has 2 atom stereocenters. The molecule has 4 aromatic rings. The molecule has 0 bridgehead atoms. The highest BCUT2D eigenvalue weighted by Crippen LogP contribution is 2.32. The molecule has 0 spiro atoms. The zero-order chi connectivity index (χ0) is 27.6. The van der Waals surface area contributed by atoms with Crippen molar-refractivity contribution in [2.24, 2.45) is 0 Å². The zero-order valence-electron chi connectivity index (χ0n) is 23.5. The van der Waals surface area contributed by atoms with Gasteiger partial charge in [0.1, 0.15) is 11.8 Å². The van der Waals surface area contributed by atoms with Crippen molar-refractivity contribution in [3.8, 4) is 5.75 Å². The van der Waals surface area contributed by atoms with Crippen LogP contribution in [0.15, 0.2) is 53.3 Å². The lowest BCUT2D eigenvalue weighted by Crippen LogP contribution is -2.40. The fraction of sp³-hybridized carbons (Fsp3) is 0.467. The van der Waals surface area contributed by atoms with Gasteiger partial charge in [0.2, 0.25) is 0 Å². The number of benzene rings is 2. The van der Waals surface area contributed by atoms with Crippen LogP contribution in [0.1, 0.15) is 69.1 Å². The van der Waals surface area contributed by atoms with Crippen molar-refractivity contribution in [3.05, 3.63) is 81.4 Å². The van der Waals surface area contributed by atoms with Gasteiger partial charge in [-0.15, -0.1) is 5.10 Å². The van der Waals surface area contributed by atoms with E-state index in [-0.39, 0.29) is 17.2 Å². The van der Waals surface area contributed by atoms with Crippen LogP contribution in [0.4, 0.5) is 0 Å². The molecule has 1 aliphatic heterocycles. The van der Waals surface area contributed by atoms with Crippen LogP contribution >= 0.6 is 0 Å². The van der Waals surface area contributed by atoms with Crippen LogP contribution < -0.4 is 10.3 Å². The van der Waals surface area contributed by atoms with Crippen molar-refractivity contribution in [2.75, 3.05) is 19.8 Å². The number of fused-ring (bicyclic) bond motifs is 1. The minimum Gasteiger partial charge on any atom is -0.494 e. The van der Waals surface area contributed by atoms with E-state index in [2.05, 4.69) is 64.4 Å². The third-order valence-corrected chi connectivity index (χ3v) is 7.15. The number of aromatic nitrogens is 5. The minimum atomic E-state index is -0.496. The molecule has 1 aliphatic rings. The number of hydrogen-bond donors (Lipinski definition) is 1. The molecule has 39 heavy (non-hydrogen) atoms. The van der Waals surface area contributed by atoms with Gasteiger partial charge in [-0.3, -0.25) is 9.69 Å². The lowest BCUT2D eigenvalue weighted by Gasteiger charge is -2.34. The molecule has 3 heterocycles. The summed E-state index contributed by atoms with van der Waals surface area (Å²) in [6.07, 6.45) is 2.07. The summed E-state index contributed by atoms with van der Waals surface area (Å²) in [4.78, 5) is 19.2. The Bertz CT molecular complexity index is 1460. The average Bonchev–Trinajstić information content (AvgIpc) is 3.58. The SMILES string of the molecule is CCOc1ccc(CN(C[C@H]2CCCO2)[C@H](c2cc3ccc(C)cc3[nH]c2=O)c2nnnn2C(C)(C)C)cc1. The van der Waals surface area contributed by atoms with Crippen LogP contribution in [-0.4, -0.2) is 56.0 Å². The molecule has 5 rings (SSSR count). The molecule has 9 heteroatoms. The van der Waals surface area contributed by atoms with Crippen molar-refractivity contribution in [2.45, 2.75) is 71.7 Å². The second-order valence-corrected chi connectivity index (χ2v) is 11.3. The normalized spacial score (nSPS) is 16.7. The van der Waals surface area contributed by atoms with E-state index >= 15 is 0 Å². The third-order valence-electron chi connectivity index (χ3n) is 7.15. The van der Waals surface area contributed by atoms with Gasteiger partial charge in [0.05, 0.1) is 18.2 Å². The fourth-order valence-corrected chi connectivity index (χ4v) is 5.28. The van der Waals surface area contributed by atoms with Gasteiger partial charge >= 0.3 is 0 Å². The zero-order valence-corrected chi connectivity index (χ0v) is 23.5. The molecule has 2 aromatic heterocycles. The predicted octanol–water partition coefficient (Wildman–Crippen LogP) is 4.75. The minimum absolute atomic E-state index is 0.0661. The lowest BCUT2D eigenvalue weighted by molar-refractivity contribution is 0.0564. The van der Waals surface area contributed by atoms with Crippen molar-refractivity contribution in [1.29, 1.82) is 0 Å². The molecule has 0 aliphatic carbocycles. The van der Waals surface area contributed by atoms with Crippen LogP contribution in [-0.2, 0) is 16.8 Å². The maximum absolute atomic E-state index is 13.7. The van der Waals surface area contributed by atoms with E-state index in [0.29, 0.717) is 31.1 Å². The van der Waals surface area contributed by atoms with Crippen molar-refractivity contribution < 1.29 is 9.47 Å². The van der Waals surface area contributed by atoms with E-state index in [4.69, 9.17) is 9.47 Å². The molecule has 1 N–H and O–H groups in total. The second-order valence-electron chi connectivity index (χ2n) is 11.3. The average molecular weight is 531 g/mol. The van der Waals surface area contributed by atoms with Gasteiger partial charge in [0.25, 0.3) is 5.56 Å². The number of pyridine rings is 1. The Morgan fingerprint density at radius 1 is 1.18 bits per heavy atom. The predicted molar refractivity (Wildman–Crippen MR) is 151 cm³/mol. The third kappa shape index (κ3) is 6.04. The summed E-state index contributed by atoms with van der Waals surface area (Å²) in [7, 11) is 0. The molecule has 0 radical (unpaired) electrons. The molecule has 0 saturated carbocycles. The van der Waals surface area contributed by atoms with Crippen LogP contribution in [0.5, 0.6) is 5.75 Å². The van der Waals surface area contributed by atoms with Gasteiger partial charge < -0.3 is 14.5 Å². The van der Waals surface area contributed by atoms with Gasteiger partial charge in [-0.1, -0.05) is 24.3 Å². The molecule has 2 aromatic carbocycles. The van der Waals surface area contributed by atoms with Crippen LogP contribution in [0.3, 0.4) is 0 Å². The first kappa shape index (κ1) is 27.0. The first-order valence-corrected chi connectivity index (χ1v) is 13.7. The first-order chi connectivity index (χ1) is 18.7. The number of aryl methyl sites for hydroxylation is 1. The summed E-state index contributed by atoms with van der Waals surface area (Å²) >= 11 is 0. The standard InChI is InChI=1S/C30H38N6O3/c1-6-38-23-13-10-21(11-14-23)18-35(19-24-8-7-15-39-24)27(28-32-33-34-36(28)30(3,4)5)25-17-22-12-9-20(2)16-26(22)31-29(25)37/h9-14,16-17,24,27H,6-8,15,18-19H2,1-5H3,(H,31,37)/t24-,27-/m1/s1. The van der Waals surface area contributed by atoms with Crippen LogP contribution in [0, 0.1) is 6.92 Å². The number of nitrogens with one attached hydrogen (secondary N) is 1. The highest BCUT2D eigenvalue weighted by atomic mass is 16.5. The quantitative estimate of drug-likeness (QED) is 0.334. The number of tetrazole rings is 1. The van der Waals surface area contributed by atoms with Crippen molar-refractivity contribution in [1.82, 2.24) is 30.1 Å². The molecule has 9 nitrogen and oxygen atoms in total. The summed E-state index contributed by atoms with van der Waals surface area (Å²) < 4.78 is 13.6. The number of rotatable bonds is 9. The topological polar surface area (TPSA) is 98.2 Å². The Kier molecular flexibility index (Phi) is 7.81. The van der Waals surface area contributed by atoms with E-state index < -0.39 is 6.04 Å². The molecular formula is C30H38N6O3. The number of H-pyrrole nitrogens is 1. The van der Waals surface area contributed by atoms with E-state index in [1.165, 1.54) is 0 Å². The maximum atomic E-state index is 13.7. The highest BCUT2D eigenvalue weighted by molar-refractivity contribution is 5.79. The van der Waals surface area contributed by atoms with Gasteiger partial charge in [-0.05, 0) is 98.7 Å². The molecular weight excluding hydrogens is 492 g/mol. The first-order valence-electron chi connectivity index (χ1n) is 13.7. The number of hydrogen-bond acceptors (Lipinski definition) is 7. The van der Waals surface area contributed by atoms with E-state index in [1.807, 2.05) is 48.9 Å². The number of nitrogens with zero attached hydrogens (tertiary/aromatic N) is 5. The molecule has 0 unspecified atom stereocenters. The van der Waals surface area contributed by atoms with Crippen LogP contribution in [0.25, 0.3) is 10.9 Å². The number of aromatic amines is 1. The monoisotopic (exact) mass is 530 g/mol. The molecule has 0 amide bonds. The Balaban J connectivity index is 1.65. The summed E-state index contributed by atoms with van der Waals surface area (Å²) in [5.41, 5.74) is 3.09. The number of ether oxygens (including phenoxy) is 2. The van der Waals surface area contributed by atoms with E-state index in [0.717, 1.165) is 47.2 Å². The van der Waals surface area contributed by atoms with Gasteiger partial charge in [-0.2, -0.15) is 0 Å². The second kappa shape index (κ2) is 11.3. The summed E-state index contributed by atoms with van der Waals surface area (Å²) in [5, 5.41) is 13.9. The fourth-order valence-electron chi connectivity index (χ4n) is 5.28. The van der Waals surface area contributed by atoms with Gasteiger partial charge in [0.15, 0.2) is 5.82 Å². The highest BCUT2D eigenvalue weighted by Gasteiger charge is 2.35. The summed E-state index contributed by atoms with van der Waals surface area (Å²) in [5.74, 6) is 1.46. The van der Waals surface area contributed by atoms with E-state index in [1.54, 1.807) is 0 Å². The lowest BCUT2D eigenvalue weighted by atomic mass is 10.00.